The Labute approximate surface area is 306 Å². The second-order valence-corrected chi connectivity index (χ2v) is 15.9. The van der Waals surface area contributed by atoms with Crippen LogP contribution in [-0.2, 0) is 25.7 Å². The molecule has 268 valence electrons. The van der Waals surface area contributed by atoms with E-state index in [2.05, 4.69) is 0 Å². The van der Waals surface area contributed by atoms with Crippen molar-refractivity contribution in [3.8, 4) is 5.75 Å². The van der Waals surface area contributed by atoms with Crippen LogP contribution in [-0.4, -0.2) is 103 Å². The number of halogens is 3. The standard InChI is InChI=1S/C35H39Cl3N4O7S/c1-5-49-29-19-28(38)30(50(4,47)48)18-27(29)32-39-34(2,22-6-10-24(36)11-7-22)35(3,23-8-12-25(37)13-9-23)42(32)33(46)41-17-16-40(31(45)20-41)15-14-26(44)21-43/h6-13,18-19,26,43-44H,5,14-17,20-21H2,1-4H3/t26-,34-,35+/m0/s1. The monoisotopic (exact) mass is 764 g/mol. The Balaban J connectivity index is 1.74. The van der Waals surface area contributed by atoms with Gasteiger partial charge in [0.05, 0.1) is 34.8 Å². The highest BCUT2D eigenvalue weighted by molar-refractivity contribution is 7.90. The molecule has 2 N–H and O–H groups in total. The number of piperazine rings is 1. The Morgan fingerprint density at radius 3 is 2.14 bits per heavy atom. The number of hydrogen-bond acceptors (Lipinski definition) is 8. The minimum absolute atomic E-state index is 0.0508. The molecule has 11 nitrogen and oxygen atoms in total. The Kier molecular flexibility index (Phi) is 11.1. The van der Waals surface area contributed by atoms with E-state index in [-0.39, 0.29) is 72.2 Å². The first-order valence-electron chi connectivity index (χ1n) is 16.0. The fourth-order valence-electron chi connectivity index (χ4n) is 6.48. The van der Waals surface area contributed by atoms with Crippen LogP contribution in [0.5, 0.6) is 5.75 Å². The van der Waals surface area contributed by atoms with Crippen molar-refractivity contribution in [2.24, 2.45) is 4.99 Å². The molecular formula is C35H39Cl3N4O7S. The second-order valence-electron chi connectivity index (χ2n) is 12.6. The van der Waals surface area contributed by atoms with Crippen LogP contribution in [0.2, 0.25) is 15.1 Å². The molecule has 2 heterocycles. The van der Waals surface area contributed by atoms with E-state index in [1.807, 2.05) is 26.0 Å². The van der Waals surface area contributed by atoms with Crippen LogP contribution in [0.4, 0.5) is 4.79 Å². The van der Waals surface area contributed by atoms with Crippen LogP contribution in [0.25, 0.3) is 0 Å². The molecule has 5 rings (SSSR count). The van der Waals surface area contributed by atoms with Gasteiger partial charge in [-0.15, -0.1) is 0 Å². The number of carbonyl (C=O) groups is 2. The average Bonchev–Trinajstić information content (AvgIpc) is 3.31. The molecule has 15 heteroatoms. The van der Waals surface area contributed by atoms with Crippen molar-refractivity contribution in [3.63, 3.8) is 0 Å². The van der Waals surface area contributed by atoms with Crippen LogP contribution in [0.15, 0.2) is 70.6 Å². The largest absolute Gasteiger partial charge is 0.493 e. The fourth-order valence-corrected chi connectivity index (χ4v) is 8.05. The average molecular weight is 766 g/mol. The van der Waals surface area contributed by atoms with E-state index in [9.17, 15) is 23.4 Å². The molecule has 0 unspecified atom stereocenters. The van der Waals surface area contributed by atoms with Gasteiger partial charge in [0.1, 0.15) is 29.2 Å². The normalized spacial score (nSPS) is 21.7. The number of amides is 3. The lowest BCUT2D eigenvalue weighted by Crippen LogP contribution is -2.61. The zero-order valence-corrected chi connectivity index (χ0v) is 31.2. The third kappa shape index (κ3) is 7.06. The number of ether oxygens (including phenoxy) is 1. The van der Waals surface area contributed by atoms with Gasteiger partial charge >= 0.3 is 6.03 Å². The molecule has 0 saturated carbocycles. The van der Waals surface area contributed by atoms with Gasteiger partial charge in [-0.25, -0.2) is 13.2 Å². The molecular weight excluding hydrogens is 727 g/mol. The van der Waals surface area contributed by atoms with Crippen molar-refractivity contribution in [1.82, 2.24) is 14.7 Å². The number of rotatable bonds is 10. The molecule has 0 aliphatic carbocycles. The van der Waals surface area contributed by atoms with Crippen molar-refractivity contribution in [2.45, 2.75) is 49.3 Å². The van der Waals surface area contributed by atoms with Gasteiger partial charge in [0.2, 0.25) is 5.91 Å². The van der Waals surface area contributed by atoms with Crippen molar-refractivity contribution < 1.29 is 33.0 Å². The summed E-state index contributed by atoms with van der Waals surface area (Å²) in [4.78, 5) is 38.0. The van der Waals surface area contributed by atoms with Gasteiger partial charge in [-0.2, -0.15) is 0 Å². The van der Waals surface area contributed by atoms with Crippen LogP contribution in [0.3, 0.4) is 0 Å². The lowest BCUT2D eigenvalue weighted by molar-refractivity contribution is -0.135. The van der Waals surface area contributed by atoms with Gasteiger partial charge in [-0.05, 0) is 68.7 Å². The predicted molar refractivity (Wildman–Crippen MR) is 193 cm³/mol. The van der Waals surface area contributed by atoms with E-state index in [0.717, 1.165) is 6.26 Å². The van der Waals surface area contributed by atoms with Gasteiger partial charge in [-0.1, -0.05) is 59.1 Å². The summed E-state index contributed by atoms with van der Waals surface area (Å²) in [5, 5.41) is 20.0. The molecule has 3 atom stereocenters. The number of carbonyl (C=O) groups excluding carboxylic acids is 2. The molecule has 3 aromatic carbocycles. The first kappa shape index (κ1) is 37.9. The maximum atomic E-state index is 15.1. The number of aliphatic hydroxyl groups is 2. The predicted octanol–water partition coefficient (Wildman–Crippen LogP) is 5.35. The van der Waals surface area contributed by atoms with Gasteiger partial charge in [0, 0.05) is 42.0 Å². The summed E-state index contributed by atoms with van der Waals surface area (Å²) in [6.07, 6.45) is 0.261. The first-order chi connectivity index (χ1) is 23.5. The number of aliphatic imine (C=N–C) groups is 1. The highest BCUT2D eigenvalue weighted by Crippen LogP contribution is 2.54. The maximum Gasteiger partial charge on any atom is 0.327 e. The number of aliphatic hydroxyl groups excluding tert-OH is 2. The summed E-state index contributed by atoms with van der Waals surface area (Å²) in [5.74, 6) is -0.0126. The number of benzene rings is 3. The molecule has 0 radical (unpaired) electrons. The minimum Gasteiger partial charge on any atom is -0.493 e. The van der Waals surface area contributed by atoms with Gasteiger partial charge in [0.15, 0.2) is 9.84 Å². The van der Waals surface area contributed by atoms with Crippen LogP contribution in [0, 0.1) is 0 Å². The Hall–Kier alpha value is -3.39. The smallest absolute Gasteiger partial charge is 0.327 e. The molecule has 2 aliphatic rings. The van der Waals surface area contributed by atoms with E-state index < -0.39 is 39.7 Å². The van der Waals surface area contributed by atoms with E-state index in [1.165, 1.54) is 21.9 Å². The number of nitrogens with zero attached hydrogens (tertiary/aromatic N) is 4. The number of amidine groups is 1. The zero-order valence-electron chi connectivity index (χ0n) is 28.1. The zero-order chi connectivity index (χ0) is 36.6. The molecule has 0 bridgehead atoms. The van der Waals surface area contributed by atoms with Gasteiger partial charge < -0.3 is 24.7 Å². The Morgan fingerprint density at radius 1 is 1.00 bits per heavy atom. The van der Waals surface area contributed by atoms with Gasteiger partial charge in [0.25, 0.3) is 0 Å². The van der Waals surface area contributed by atoms with Crippen molar-refractivity contribution in [3.05, 3.63) is 92.4 Å². The van der Waals surface area contributed by atoms with E-state index in [4.69, 9.17) is 44.5 Å². The van der Waals surface area contributed by atoms with Crippen molar-refractivity contribution in [2.75, 3.05) is 45.6 Å². The van der Waals surface area contributed by atoms with Gasteiger partial charge in [-0.3, -0.25) is 14.7 Å². The third-order valence-corrected chi connectivity index (χ3v) is 11.5. The van der Waals surface area contributed by atoms with Crippen molar-refractivity contribution >= 4 is 62.4 Å². The summed E-state index contributed by atoms with van der Waals surface area (Å²) >= 11 is 19.1. The summed E-state index contributed by atoms with van der Waals surface area (Å²) < 4.78 is 31.9. The fraction of sp³-hybridized carbons (Fsp3) is 0.400. The Bertz CT molecular complexity index is 1910. The quantitative estimate of drug-likeness (QED) is 0.284. The Morgan fingerprint density at radius 2 is 1.60 bits per heavy atom. The molecule has 50 heavy (non-hydrogen) atoms. The van der Waals surface area contributed by atoms with E-state index in [0.29, 0.717) is 21.2 Å². The maximum absolute atomic E-state index is 15.1. The molecule has 0 aromatic heterocycles. The first-order valence-corrected chi connectivity index (χ1v) is 19.0. The summed E-state index contributed by atoms with van der Waals surface area (Å²) in [5.41, 5.74) is -0.962. The highest BCUT2D eigenvalue weighted by Gasteiger charge is 2.60. The number of urea groups is 1. The molecule has 1 fully saturated rings. The summed E-state index contributed by atoms with van der Waals surface area (Å²) in [6.45, 7) is 5.59. The van der Waals surface area contributed by atoms with Crippen molar-refractivity contribution in [1.29, 1.82) is 0 Å². The third-order valence-electron chi connectivity index (χ3n) is 9.45. The lowest BCUT2D eigenvalue weighted by atomic mass is 9.71. The number of hydrogen-bond donors (Lipinski definition) is 2. The second kappa shape index (κ2) is 14.7. The topological polar surface area (TPSA) is 140 Å². The summed E-state index contributed by atoms with van der Waals surface area (Å²) in [6, 6.07) is 16.3. The molecule has 3 aromatic rings. The van der Waals surface area contributed by atoms with E-state index in [1.54, 1.807) is 48.2 Å². The molecule has 0 spiro atoms. The number of sulfone groups is 1. The highest BCUT2D eigenvalue weighted by atomic mass is 35.5. The molecule has 2 aliphatic heterocycles. The lowest BCUT2D eigenvalue weighted by Gasteiger charge is -2.47. The van der Waals surface area contributed by atoms with Crippen LogP contribution < -0.4 is 4.74 Å². The van der Waals surface area contributed by atoms with Crippen LogP contribution in [0.1, 0.15) is 43.9 Å². The molecule has 3 amide bonds. The van der Waals surface area contributed by atoms with Crippen LogP contribution >= 0.6 is 34.8 Å². The van der Waals surface area contributed by atoms with E-state index >= 15 is 4.79 Å². The summed E-state index contributed by atoms with van der Waals surface area (Å²) in [7, 11) is -3.84. The minimum atomic E-state index is -3.84. The SMILES string of the molecule is CCOc1cc(Cl)c(S(C)(=O)=O)cc1C1=N[C@@](C)(c2ccc(Cl)cc2)[C@@](C)(c2ccc(Cl)cc2)N1C(=O)N1CCN(CC[C@H](O)CO)C(=O)C1. The molecule has 1 saturated heterocycles.